The number of fused-ring (bicyclic) bond motifs is 1. The maximum atomic E-state index is 13.4. The topological polar surface area (TPSA) is 72.2 Å². The van der Waals surface area contributed by atoms with Crippen LogP contribution in [0.3, 0.4) is 0 Å². The highest BCUT2D eigenvalue weighted by molar-refractivity contribution is 9.10. The quantitative estimate of drug-likeness (QED) is 0.687. The van der Waals surface area contributed by atoms with Crippen LogP contribution in [0, 0.1) is 0 Å². The number of halogens is 4. The average Bonchev–Trinajstić information content (AvgIpc) is 3.34. The summed E-state index contributed by atoms with van der Waals surface area (Å²) >= 11 is 3.22. The third kappa shape index (κ3) is 3.28. The lowest BCUT2D eigenvalue weighted by Crippen LogP contribution is -2.16. The number of carbonyl (C=O) groups excluding carboxylic acids is 1. The molecule has 3 aromatic heterocycles. The Morgan fingerprint density at radius 1 is 1.27 bits per heavy atom. The molecule has 0 aromatic carbocycles. The second kappa shape index (κ2) is 6.04. The van der Waals surface area contributed by atoms with Gasteiger partial charge in [0.15, 0.2) is 11.3 Å². The highest BCUT2D eigenvalue weighted by atomic mass is 79.9. The van der Waals surface area contributed by atoms with Crippen molar-refractivity contribution in [2.24, 2.45) is 0 Å². The summed E-state index contributed by atoms with van der Waals surface area (Å²) in [5.41, 5.74) is -0.729. The Hall–Kier alpha value is -2.49. The minimum atomic E-state index is -4.60. The van der Waals surface area contributed by atoms with Crippen LogP contribution in [0.2, 0.25) is 0 Å². The van der Waals surface area contributed by atoms with Crippen molar-refractivity contribution in [1.82, 2.24) is 19.6 Å². The first-order valence-electron chi connectivity index (χ1n) is 7.72. The Balaban J connectivity index is 1.72. The Kier molecular flexibility index (Phi) is 3.94. The predicted octanol–water partition coefficient (Wildman–Crippen LogP) is 4.04. The second-order valence-corrected chi connectivity index (χ2v) is 6.87. The van der Waals surface area contributed by atoms with Gasteiger partial charge in [-0.2, -0.15) is 18.3 Å². The first kappa shape index (κ1) is 17.0. The molecule has 1 N–H and O–H groups in total. The van der Waals surface area contributed by atoms with Crippen LogP contribution in [0.25, 0.3) is 5.65 Å². The van der Waals surface area contributed by atoms with Gasteiger partial charge >= 0.3 is 6.18 Å². The number of rotatable bonds is 3. The van der Waals surface area contributed by atoms with Gasteiger partial charge in [-0.1, -0.05) is 0 Å². The standard InChI is InChI=1S/C16H11BrF3N5O/c17-9-3-4-13(21-7-9)23-15(26)11-6-14-22-10(8-1-2-8)5-12(16(18,19)20)25(14)24-11/h3-8H,1-2H2,(H,21,23,26). The Bertz CT molecular complexity index is 996. The molecule has 1 amide bonds. The van der Waals surface area contributed by atoms with Crippen LogP contribution >= 0.6 is 15.9 Å². The maximum Gasteiger partial charge on any atom is 0.433 e. The summed E-state index contributed by atoms with van der Waals surface area (Å²) in [5, 5.41) is 6.30. The van der Waals surface area contributed by atoms with E-state index in [2.05, 4.69) is 36.3 Å². The number of anilines is 1. The first-order chi connectivity index (χ1) is 12.3. The van der Waals surface area contributed by atoms with Crippen LogP contribution in [0.15, 0.2) is 34.9 Å². The van der Waals surface area contributed by atoms with Crippen molar-refractivity contribution in [2.75, 3.05) is 5.32 Å². The van der Waals surface area contributed by atoms with Crippen LogP contribution in [0.5, 0.6) is 0 Å². The summed E-state index contributed by atoms with van der Waals surface area (Å²) in [6.07, 6.45) is -1.48. The van der Waals surface area contributed by atoms with E-state index in [1.807, 2.05) is 0 Å². The van der Waals surface area contributed by atoms with Crippen LogP contribution in [-0.2, 0) is 6.18 Å². The van der Waals surface area contributed by atoms with Crippen molar-refractivity contribution < 1.29 is 18.0 Å². The molecule has 3 aromatic rings. The van der Waals surface area contributed by atoms with Gasteiger partial charge in [-0.25, -0.2) is 14.5 Å². The van der Waals surface area contributed by atoms with E-state index in [0.717, 1.165) is 23.4 Å². The van der Waals surface area contributed by atoms with Gasteiger partial charge in [0, 0.05) is 28.3 Å². The molecule has 4 rings (SSSR count). The van der Waals surface area contributed by atoms with Gasteiger partial charge in [0.05, 0.1) is 0 Å². The normalized spacial score (nSPS) is 14.6. The molecular formula is C16H11BrF3N5O. The summed E-state index contributed by atoms with van der Waals surface area (Å²) in [7, 11) is 0. The molecule has 6 nitrogen and oxygen atoms in total. The zero-order chi connectivity index (χ0) is 18.5. The summed E-state index contributed by atoms with van der Waals surface area (Å²) in [6.45, 7) is 0. The van der Waals surface area contributed by atoms with Gasteiger partial charge in [-0.3, -0.25) is 4.79 Å². The first-order valence-corrected chi connectivity index (χ1v) is 8.51. The summed E-state index contributed by atoms with van der Waals surface area (Å²) in [6, 6.07) is 5.49. The molecule has 0 unspecified atom stereocenters. The number of alkyl halides is 3. The second-order valence-electron chi connectivity index (χ2n) is 5.95. The van der Waals surface area contributed by atoms with Crippen molar-refractivity contribution in [2.45, 2.75) is 24.9 Å². The fourth-order valence-electron chi connectivity index (χ4n) is 2.53. The van der Waals surface area contributed by atoms with Crippen LogP contribution in [-0.4, -0.2) is 25.5 Å². The molecule has 0 aliphatic heterocycles. The lowest BCUT2D eigenvalue weighted by atomic mass is 10.2. The van der Waals surface area contributed by atoms with Gasteiger partial charge in [-0.05, 0) is 47.0 Å². The molecule has 0 spiro atoms. The van der Waals surface area contributed by atoms with E-state index in [1.54, 1.807) is 12.1 Å². The minimum Gasteiger partial charge on any atom is -0.305 e. The molecule has 1 fully saturated rings. The number of hydrogen-bond donors (Lipinski definition) is 1. The van der Waals surface area contributed by atoms with E-state index in [0.29, 0.717) is 10.2 Å². The van der Waals surface area contributed by atoms with Crippen molar-refractivity contribution in [1.29, 1.82) is 0 Å². The third-order valence-electron chi connectivity index (χ3n) is 3.93. The maximum absolute atomic E-state index is 13.4. The zero-order valence-corrected chi connectivity index (χ0v) is 14.7. The number of aromatic nitrogens is 4. The minimum absolute atomic E-state index is 0.00404. The molecule has 1 aliphatic rings. The van der Waals surface area contributed by atoms with Gasteiger partial charge < -0.3 is 5.32 Å². The largest absolute Gasteiger partial charge is 0.433 e. The molecule has 1 aliphatic carbocycles. The van der Waals surface area contributed by atoms with Crippen molar-refractivity contribution in [3.05, 3.63) is 52.0 Å². The number of hydrogen-bond acceptors (Lipinski definition) is 4. The van der Waals surface area contributed by atoms with E-state index in [9.17, 15) is 18.0 Å². The van der Waals surface area contributed by atoms with Gasteiger partial charge in [0.1, 0.15) is 11.5 Å². The molecule has 0 radical (unpaired) electrons. The SMILES string of the molecule is O=C(Nc1ccc(Br)cn1)c1cc2nc(C3CC3)cc(C(F)(F)F)n2n1. The molecule has 134 valence electrons. The van der Waals surface area contributed by atoms with Gasteiger partial charge in [0.25, 0.3) is 5.91 Å². The predicted molar refractivity (Wildman–Crippen MR) is 89.9 cm³/mol. The monoisotopic (exact) mass is 425 g/mol. The smallest absolute Gasteiger partial charge is 0.305 e. The lowest BCUT2D eigenvalue weighted by Gasteiger charge is -2.10. The molecular weight excluding hydrogens is 415 g/mol. The zero-order valence-electron chi connectivity index (χ0n) is 13.1. The number of carbonyl (C=O) groups is 1. The number of amides is 1. The highest BCUT2D eigenvalue weighted by Crippen LogP contribution is 2.41. The van der Waals surface area contributed by atoms with Crippen molar-refractivity contribution in [3.63, 3.8) is 0 Å². The van der Waals surface area contributed by atoms with E-state index < -0.39 is 17.8 Å². The average molecular weight is 426 g/mol. The molecule has 10 heteroatoms. The lowest BCUT2D eigenvalue weighted by molar-refractivity contribution is -0.142. The Morgan fingerprint density at radius 2 is 2.04 bits per heavy atom. The molecule has 1 saturated carbocycles. The Labute approximate surface area is 153 Å². The van der Waals surface area contributed by atoms with E-state index in [-0.39, 0.29) is 23.1 Å². The number of nitrogens with one attached hydrogen (secondary N) is 1. The van der Waals surface area contributed by atoms with E-state index >= 15 is 0 Å². The van der Waals surface area contributed by atoms with E-state index in [1.165, 1.54) is 12.3 Å². The number of pyridine rings is 1. The summed E-state index contributed by atoms with van der Waals surface area (Å²) < 4.78 is 41.5. The Morgan fingerprint density at radius 3 is 2.65 bits per heavy atom. The molecule has 26 heavy (non-hydrogen) atoms. The highest BCUT2D eigenvalue weighted by Gasteiger charge is 2.37. The van der Waals surface area contributed by atoms with Crippen LogP contribution in [0.1, 0.15) is 40.6 Å². The van der Waals surface area contributed by atoms with Crippen LogP contribution < -0.4 is 5.32 Å². The molecule has 0 atom stereocenters. The van der Waals surface area contributed by atoms with Gasteiger partial charge in [0.2, 0.25) is 0 Å². The molecule has 0 saturated heterocycles. The fourth-order valence-corrected chi connectivity index (χ4v) is 2.76. The third-order valence-corrected chi connectivity index (χ3v) is 4.40. The molecule has 0 bridgehead atoms. The summed E-state index contributed by atoms with van der Waals surface area (Å²) in [4.78, 5) is 20.5. The van der Waals surface area contributed by atoms with Crippen molar-refractivity contribution >= 4 is 33.3 Å². The van der Waals surface area contributed by atoms with Gasteiger partial charge in [-0.15, -0.1) is 0 Å². The fraction of sp³-hybridized carbons (Fsp3) is 0.250. The van der Waals surface area contributed by atoms with Crippen LogP contribution in [0.4, 0.5) is 19.0 Å². The number of nitrogens with zero attached hydrogens (tertiary/aromatic N) is 4. The molecule has 3 heterocycles. The van der Waals surface area contributed by atoms with Crippen molar-refractivity contribution in [3.8, 4) is 0 Å². The van der Waals surface area contributed by atoms with E-state index in [4.69, 9.17) is 0 Å². The summed E-state index contributed by atoms with van der Waals surface area (Å²) in [5.74, 6) is -0.357.